The molecule has 17 heavy (non-hydrogen) atoms. The van der Waals surface area contributed by atoms with E-state index < -0.39 is 0 Å². The van der Waals surface area contributed by atoms with Crippen LogP contribution in [0.1, 0.15) is 46.0 Å². The molecule has 0 aromatic carbocycles. The molecule has 3 heteroatoms. The minimum absolute atomic E-state index is 0.226. The van der Waals surface area contributed by atoms with Crippen molar-refractivity contribution >= 4 is 0 Å². The highest BCUT2D eigenvalue weighted by Gasteiger charge is 2.28. The maximum atomic E-state index is 5.93. The van der Waals surface area contributed by atoms with Crippen LogP contribution in [0.5, 0.6) is 0 Å². The molecule has 0 aromatic rings. The van der Waals surface area contributed by atoms with Gasteiger partial charge in [-0.05, 0) is 51.0 Å². The lowest BCUT2D eigenvalue weighted by molar-refractivity contribution is -0.0500. The first-order valence-electron chi connectivity index (χ1n) is 7.30. The third-order valence-electron chi connectivity index (χ3n) is 4.55. The predicted octanol–water partition coefficient (Wildman–Crippen LogP) is 1.91. The van der Waals surface area contributed by atoms with Gasteiger partial charge in [-0.2, -0.15) is 0 Å². The van der Waals surface area contributed by atoms with Crippen molar-refractivity contribution in [2.75, 3.05) is 13.1 Å². The Morgan fingerprint density at radius 1 is 1.18 bits per heavy atom. The van der Waals surface area contributed by atoms with Crippen LogP contribution in [0.2, 0.25) is 0 Å². The van der Waals surface area contributed by atoms with E-state index in [1.165, 1.54) is 25.8 Å². The van der Waals surface area contributed by atoms with Crippen LogP contribution in [-0.2, 0) is 4.74 Å². The number of hydrogen-bond donors (Lipinski definition) is 2. The van der Waals surface area contributed by atoms with Gasteiger partial charge in [0, 0.05) is 12.6 Å². The minimum Gasteiger partial charge on any atom is -0.372 e. The molecule has 0 spiro atoms. The van der Waals surface area contributed by atoms with Crippen LogP contribution < -0.4 is 11.1 Å². The molecule has 0 amide bonds. The number of rotatable bonds is 5. The topological polar surface area (TPSA) is 47.3 Å². The van der Waals surface area contributed by atoms with Crippen molar-refractivity contribution in [2.24, 2.45) is 17.6 Å². The van der Waals surface area contributed by atoms with Gasteiger partial charge in [0.1, 0.15) is 0 Å². The summed E-state index contributed by atoms with van der Waals surface area (Å²) in [7, 11) is 0. The standard InChI is InChI=1S/C14H28N2O/c1-3-11-6-12(7-11)8-16-9-13-4-5-14(15)10(2)17-13/h10-14,16H,3-9,15H2,1-2H3. The van der Waals surface area contributed by atoms with Gasteiger partial charge in [0.2, 0.25) is 0 Å². The zero-order valence-electron chi connectivity index (χ0n) is 11.3. The van der Waals surface area contributed by atoms with Gasteiger partial charge in [-0.3, -0.25) is 0 Å². The Labute approximate surface area is 105 Å². The maximum absolute atomic E-state index is 5.93. The second-order valence-electron chi connectivity index (χ2n) is 5.97. The molecular formula is C14H28N2O. The van der Waals surface area contributed by atoms with E-state index in [0.29, 0.717) is 6.10 Å². The Morgan fingerprint density at radius 2 is 1.94 bits per heavy atom. The SMILES string of the molecule is CCC1CC(CNCC2CCC(N)C(C)O2)C1. The Kier molecular flexibility index (Phi) is 4.83. The van der Waals surface area contributed by atoms with Crippen LogP contribution in [0.25, 0.3) is 0 Å². The fourth-order valence-corrected chi connectivity index (χ4v) is 3.06. The van der Waals surface area contributed by atoms with Gasteiger partial charge >= 0.3 is 0 Å². The fraction of sp³-hybridized carbons (Fsp3) is 1.00. The predicted molar refractivity (Wildman–Crippen MR) is 70.9 cm³/mol. The van der Waals surface area contributed by atoms with Gasteiger partial charge in [0.15, 0.2) is 0 Å². The molecule has 2 aliphatic rings. The molecule has 1 saturated carbocycles. The average Bonchev–Trinajstić information content (AvgIpc) is 2.26. The molecule has 1 aliphatic heterocycles. The fourth-order valence-electron chi connectivity index (χ4n) is 3.06. The quantitative estimate of drug-likeness (QED) is 0.771. The van der Waals surface area contributed by atoms with Crippen LogP contribution in [0.15, 0.2) is 0 Å². The largest absolute Gasteiger partial charge is 0.372 e. The van der Waals surface area contributed by atoms with Gasteiger partial charge in [-0.15, -0.1) is 0 Å². The maximum Gasteiger partial charge on any atom is 0.0704 e. The van der Waals surface area contributed by atoms with Crippen molar-refractivity contribution in [1.29, 1.82) is 0 Å². The molecule has 0 aromatic heterocycles. The van der Waals surface area contributed by atoms with Crippen LogP contribution >= 0.6 is 0 Å². The zero-order chi connectivity index (χ0) is 12.3. The number of nitrogens with one attached hydrogen (secondary N) is 1. The summed E-state index contributed by atoms with van der Waals surface area (Å²) in [6.07, 6.45) is 7.04. The molecule has 3 atom stereocenters. The van der Waals surface area contributed by atoms with Crippen molar-refractivity contribution in [1.82, 2.24) is 5.32 Å². The summed E-state index contributed by atoms with van der Waals surface area (Å²) >= 11 is 0. The Hall–Kier alpha value is -0.120. The van der Waals surface area contributed by atoms with Crippen molar-refractivity contribution < 1.29 is 4.74 Å². The Bertz CT molecular complexity index is 228. The average molecular weight is 240 g/mol. The molecular weight excluding hydrogens is 212 g/mol. The highest BCUT2D eigenvalue weighted by Crippen LogP contribution is 2.35. The number of nitrogens with two attached hydrogens (primary N) is 1. The first-order chi connectivity index (χ1) is 8.19. The summed E-state index contributed by atoms with van der Waals surface area (Å²) in [6.45, 7) is 6.57. The second kappa shape index (κ2) is 6.17. The van der Waals surface area contributed by atoms with Crippen LogP contribution in [-0.4, -0.2) is 31.3 Å². The first-order valence-corrected chi connectivity index (χ1v) is 7.30. The van der Waals surface area contributed by atoms with E-state index >= 15 is 0 Å². The second-order valence-corrected chi connectivity index (χ2v) is 5.97. The molecule has 3 unspecified atom stereocenters. The lowest BCUT2D eigenvalue weighted by Gasteiger charge is -2.36. The Balaban J connectivity index is 1.54. The van der Waals surface area contributed by atoms with Gasteiger partial charge in [-0.1, -0.05) is 13.3 Å². The normalized spacial score (nSPS) is 42.2. The van der Waals surface area contributed by atoms with E-state index in [1.54, 1.807) is 0 Å². The van der Waals surface area contributed by atoms with Crippen molar-refractivity contribution in [2.45, 2.75) is 64.2 Å². The molecule has 1 aliphatic carbocycles. The van der Waals surface area contributed by atoms with Gasteiger partial charge in [0.25, 0.3) is 0 Å². The smallest absolute Gasteiger partial charge is 0.0704 e. The molecule has 2 fully saturated rings. The minimum atomic E-state index is 0.226. The van der Waals surface area contributed by atoms with Gasteiger partial charge in [0.05, 0.1) is 12.2 Å². The van der Waals surface area contributed by atoms with E-state index in [9.17, 15) is 0 Å². The van der Waals surface area contributed by atoms with Crippen LogP contribution in [0.3, 0.4) is 0 Å². The molecule has 0 radical (unpaired) electrons. The molecule has 1 heterocycles. The van der Waals surface area contributed by atoms with Crippen molar-refractivity contribution in [3.63, 3.8) is 0 Å². The van der Waals surface area contributed by atoms with Crippen LogP contribution in [0, 0.1) is 11.8 Å². The third kappa shape index (κ3) is 3.67. The van der Waals surface area contributed by atoms with Crippen molar-refractivity contribution in [3.05, 3.63) is 0 Å². The van der Waals surface area contributed by atoms with E-state index in [2.05, 4.69) is 19.2 Å². The summed E-state index contributed by atoms with van der Waals surface area (Å²) in [5.41, 5.74) is 5.93. The molecule has 3 N–H and O–H groups in total. The highest BCUT2D eigenvalue weighted by atomic mass is 16.5. The Morgan fingerprint density at radius 3 is 2.59 bits per heavy atom. The summed E-state index contributed by atoms with van der Waals surface area (Å²) in [5.74, 6) is 1.92. The number of ether oxygens (including phenoxy) is 1. The molecule has 100 valence electrons. The third-order valence-corrected chi connectivity index (χ3v) is 4.55. The molecule has 2 rings (SSSR count). The lowest BCUT2D eigenvalue weighted by Crippen LogP contribution is -2.46. The molecule has 1 saturated heterocycles. The summed E-state index contributed by atoms with van der Waals surface area (Å²) in [6, 6.07) is 0.239. The lowest BCUT2D eigenvalue weighted by atomic mass is 9.73. The van der Waals surface area contributed by atoms with Gasteiger partial charge in [-0.25, -0.2) is 0 Å². The zero-order valence-corrected chi connectivity index (χ0v) is 11.3. The van der Waals surface area contributed by atoms with E-state index in [4.69, 9.17) is 10.5 Å². The van der Waals surface area contributed by atoms with Gasteiger partial charge < -0.3 is 15.8 Å². The highest BCUT2D eigenvalue weighted by molar-refractivity contribution is 4.82. The molecule has 0 bridgehead atoms. The van der Waals surface area contributed by atoms with Crippen molar-refractivity contribution in [3.8, 4) is 0 Å². The monoisotopic (exact) mass is 240 g/mol. The van der Waals surface area contributed by atoms with Crippen LogP contribution in [0.4, 0.5) is 0 Å². The summed E-state index contributed by atoms with van der Waals surface area (Å²) in [5, 5.41) is 3.57. The molecule has 3 nitrogen and oxygen atoms in total. The van der Waals surface area contributed by atoms with E-state index in [-0.39, 0.29) is 12.1 Å². The summed E-state index contributed by atoms with van der Waals surface area (Å²) in [4.78, 5) is 0. The number of hydrogen-bond acceptors (Lipinski definition) is 3. The van der Waals surface area contributed by atoms with E-state index in [0.717, 1.165) is 31.2 Å². The first kappa shape index (κ1) is 13.3. The summed E-state index contributed by atoms with van der Waals surface area (Å²) < 4.78 is 5.89. The van der Waals surface area contributed by atoms with E-state index in [1.807, 2.05) is 0 Å².